The number of rotatable bonds is 8. The summed E-state index contributed by atoms with van der Waals surface area (Å²) in [5.41, 5.74) is 17.0. The molecule has 0 atom stereocenters. The molecule has 11 aromatic carbocycles. The maximum atomic E-state index is 2.43. The van der Waals surface area contributed by atoms with Crippen LogP contribution >= 0.6 is 0 Å². The van der Waals surface area contributed by atoms with Gasteiger partial charge in [-0.1, -0.05) is 218 Å². The first kappa shape index (κ1) is 37.5. The van der Waals surface area contributed by atoms with Crippen LogP contribution in [0, 0.1) is 0 Å². The van der Waals surface area contributed by atoms with Crippen molar-refractivity contribution >= 4 is 43.4 Å². The maximum Gasteiger partial charge on any atom is 0.0547 e. The number of para-hydroxylation sites is 1. The van der Waals surface area contributed by atoms with Crippen molar-refractivity contribution in [2.24, 2.45) is 0 Å². The van der Waals surface area contributed by atoms with Gasteiger partial charge in [-0.3, -0.25) is 0 Å². The summed E-state index contributed by atoms with van der Waals surface area (Å²) in [5.74, 6) is 0.00884. The smallest absolute Gasteiger partial charge is 0.0547 e. The number of nitrogens with zero attached hydrogens (tertiary/aromatic N) is 1. The Labute approximate surface area is 373 Å². The van der Waals surface area contributed by atoms with Gasteiger partial charge in [0.1, 0.15) is 0 Å². The van der Waals surface area contributed by atoms with Crippen LogP contribution < -0.4 is 0 Å². The SMILES string of the molecule is c1ccc(-c2ccc3c4c(-c5cccc(C(c6ccc(-c7ccc8ccccc8c7)cc6)c6ccc(-c7ccc8ccccc8c7)cc6)c5)cccc4n(-c4ccccc4)c3c2)cc1. The monoisotopic (exact) mass is 813 g/mol. The summed E-state index contributed by atoms with van der Waals surface area (Å²) in [6.45, 7) is 0. The van der Waals surface area contributed by atoms with Crippen LogP contribution in [-0.4, -0.2) is 4.57 Å². The van der Waals surface area contributed by atoms with E-state index >= 15 is 0 Å². The van der Waals surface area contributed by atoms with E-state index in [-0.39, 0.29) is 5.92 Å². The molecule has 1 aromatic heterocycles. The van der Waals surface area contributed by atoms with Gasteiger partial charge in [0.2, 0.25) is 0 Å². The molecular formula is C63H43N. The minimum Gasteiger partial charge on any atom is -0.309 e. The Morgan fingerprint density at radius 3 is 1.38 bits per heavy atom. The van der Waals surface area contributed by atoms with Gasteiger partial charge in [-0.15, -0.1) is 0 Å². The summed E-state index contributed by atoms with van der Waals surface area (Å²) in [5, 5.41) is 7.52. The Hall–Kier alpha value is -8.26. The van der Waals surface area contributed by atoms with Gasteiger partial charge >= 0.3 is 0 Å². The van der Waals surface area contributed by atoms with Gasteiger partial charge in [-0.2, -0.15) is 0 Å². The van der Waals surface area contributed by atoms with Crippen LogP contribution in [0.4, 0.5) is 0 Å². The molecular weight excluding hydrogens is 771 g/mol. The average molecular weight is 814 g/mol. The van der Waals surface area contributed by atoms with Crippen LogP contribution in [0.3, 0.4) is 0 Å². The molecule has 0 bridgehead atoms. The maximum absolute atomic E-state index is 2.43. The van der Waals surface area contributed by atoms with Gasteiger partial charge in [0, 0.05) is 22.4 Å². The molecule has 12 aromatic rings. The van der Waals surface area contributed by atoms with E-state index in [1.165, 1.54) is 105 Å². The molecule has 0 unspecified atom stereocenters. The van der Waals surface area contributed by atoms with Gasteiger partial charge in [0.25, 0.3) is 0 Å². The van der Waals surface area contributed by atoms with E-state index in [1.54, 1.807) is 0 Å². The largest absolute Gasteiger partial charge is 0.309 e. The highest BCUT2D eigenvalue weighted by Gasteiger charge is 2.21. The summed E-state index contributed by atoms with van der Waals surface area (Å²) in [7, 11) is 0. The molecule has 0 N–H and O–H groups in total. The van der Waals surface area contributed by atoms with Crippen molar-refractivity contribution < 1.29 is 0 Å². The van der Waals surface area contributed by atoms with Crippen molar-refractivity contribution in [2.45, 2.75) is 5.92 Å². The first-order chi connectivity index (χ1) is 31.7. The van der Waals surface area contributed by atoms with Gasteiger partial charge in [-0.25, -0.2) is 0 Å². The zero-order chi connectivity index (χ0) is 42.4. The van der Waals surface area contributed by atoms with Gasteiger partial charge in [0.05, 0.1) is 11.0 Å². The minimum absolute atomic E-state index is 0.00884. The minimum atomic E-state index is 0.00884. The molecule has 1 nitrogen and oxygen atoms in total. The highest BCUT2D eigenvalue weighted by molar-refractivity contribution is 6.16. The molecule has 1 heteroatoms. The Balaban J connectivity index is 0.995. The summed E-state index contributed by atoms with van der Waals surface area (Å²) in [6.07, 6.45) is 0. The van der Waals surface area contributed by atoms with Crippen LogP contribution in [0.25, 0.3) is 93.5 Å². The number of aromatic nitrogens is 1. The van der Waals surface area contributed by atoms with E-state index in [1.807, 2.05) is 0 Å². The lowest BCUT2D eigenvalue weighted by Gasteiger charge is -2.21. The summed E-state index contributed by atoms with van der Waals surface area (Å²) < 4.78 is 2.43. The first-order valence-corrected chi connectivity index (χ1v) is 22.2. The van der Waals surface area contributed by atoms with Crippen LogP contribution in [0.5, 0.6) is 0 Å². The molecule has 0 spiro atoms. The molecule has 0 aliphatic heterocycles. The van der Waals surface area contributed by atoms with Crippen LogP contribution in [0.2, 0.25) is 0 Å². The van der Waals surface area contributed by atoms with E-state index in [0.717, 1.165) is 5.69 Å². The molecule has 0 aliphatic carbocycles. The van der Waals surface area contributed by atoms with E-state index in [9.17, 15) is 0 Å². The van der Waals surface area contributed by atoms with Crippen molar-refractivity contribution in [3.63, 3.8) is 0 Å². The van der Waals surface area contributed by atoms with Crippen molar-refractivity contribution in [2.75, 3.05) is 0 Å². The summed E-state index contributed by atoms with van der Waals surface area (Å²) >= 11 is 0. The van der Waals surface area contributed by atoms with Gasteiger partial charge < -0.3 is 4.57 Å². The second-order valence-corrected chi connectivity index (χ2v) is 16.9. The second kappa shape index (κ2) is 15.9. The Morgan fingerprint density at radius 1 is 0.266 bits per heavy atom. The van der Waals surface area contributed by atoms with Crippen molar-refractivity contribution in [3.05, 3.63) is 271 Å². The highest BCUT2D eigenvalue weighted by atomic mass is 15.0. The molecule has 300 valence electrons. The zero-order valence-corrected chi connectivity index (χ0v) is 35.3. The number of benzene rings is 11. The molecule has 0 fully saturated rings. The lowest BCUT2D eigenvalue weighted by atomic mass is 9.82. The molecule has 64 heavy (non-hydrogen) atoms. The number of fused-ring (bicyclic) bond motifs is 5. The zero-order valence-electron chi connectivity index (χ0n) is 35.3. The van der Waals surface area contributed by atoms with E-state index in [2.05, 4.69) is 259 Å². The third-order valence-corrected chi connectivity index (χ3v) is 13.1. The topological polar surface area (TPSA) is 4.93 Å². The van der Waals surface area contributed by atoms with Crippen LogP contribution in [-0.2, 0) is 0 Å². The van der Waals surface area contributed by atoms with Gasteiger partial charge in [0.15, 0.2) is 0 Å². The normalized spacial score (nSPS) is 11.6. The molecule has 0 amide bonds. The Kier molecular flexibility index (Phi) is 9.31. The van der Waals surface area contributed by atoms with Crippen molar-refractivity contribution in [1.82, 2.24) is 4.57 Å². The van der Waals surface area contributed by atoms with E-state index in [4.69, 9.17) is 0 Å². The Bertz CT molecular complexity index is 3510. The number of hydrogen-bond donors (Lipinski definition) is 0. The predicted octanol–water partition coefficient (Wildman–Crippen LogP) is 16.9. The van der Waals surface area contributed by atoms with Crippen LogP contribution in [0.1, 0.15) is 22.6 Å². The molecule has 1 heterocycles. The van der Waals surface area contributed by atoms with E-state index < -0.39 is 0 Å². The predicted molar refractivity (Wildman–Crippen MR) is 271 cm³/mol. The van der Waals surface area contributed by atoms with Gasteiger partial charge in [-0.05, 0) is 119 Å². The Morgan fingerprint density at radius 2 is 0.750 bits per heavy atom. The quantitative estimate of drug-likeness (QED) is 0.135. The number of hydrogen-bond acceptors (Lipinski definition) is 0. The fourth-order valence-electron chi connectivity index (χ4n) is 9.91. The fraction of sp³-hybridized carbons (Fsp3) is 0.0159. The second-order valence-electron chi connectivity index (χ2n) is 16.9. The lowest BCUT2D eigenvalue weighted by Crippen LogP contribution is -2.04. The molecule has 0 saturated heterocycles. The fourth-order valence-corrected chi connectivity index (χ4v) is 9.91. The van der Waals surface area contributed by atoms with E-state index in [0.29, 0.717) is 0 Å². The molecule has 12 rings (SSSR count). The standard InChI is InChI=1S/C63H43N/c1-3-13-43(14-4-1)54-37-38-59-61(42-54)64(57-21-5-2-6-22-57)60-24-12-23-58(63(59)60)55-19-11-20-56(41-55)62(48-31-25-46(26-32-48)52-35-29-44-15-7-9-17-50(44)39-52)49-33-27-47(28-34-49)53-36-30-45-16-8-10-18-51(45)40-53/h1-42,62H. The van der Waals surface area contributed by atoms with Crippen molar-refractivity contribution in [1.29, 1.82) is 0 Å². The average Bonchev–Trinajstić information content (AvgIpc) is 3.71. The summed E-state index contributed by atoms with van der Waals surface area (Å²) in [6, 6.07) is 93.7. The lowest BCUT2D eigenvalue weighted by molar-refractivity contribution is 0.978. The molecule has 0 saturated carbocycles. The highest BCUT2D eigenvalue weighted by Crippen LogP contribution is 2.42. The third kappa shape index (κ3) is 6.76. The summed E-state index contributed by atoms with van der Waals surface area (Å²) in [4.78, 5) is 0. The van der Waals surface area contributed by atoms with Crippen molar-refractivity contribution in [3.8, 4) is 50.2 Å². The third-order valence-electron chi connectivity index (χ3n) is 13.1. The molecule has 0 aliphatic rings. The van der Waals surface area contributed by atoms with Crippen LogP contribution in [0.15, 0.2) is 255 Å². The molecule has 0 radical (unpaired) electrons. The first-order valence-electron chi connectivity index (χ1n) is 22.2.